The van der Waals surface area contributed by atoms with Gasteiger partial charge in [0.05, 0.1) is 0 Å². The zero-order valence-electron chi connectivity index (χ0n) is 8.72. The first-order valence-electron chi connectivity index (χ1n) is 3.78. The summed E-state index contributed by atoms with van der Waals surface area (Å²) in [6.45, 7) is 14.3. The second kappa shape index (κ2) is 29.9. The van der Waals surface area contributed by atoms with Crippen molar-refractivity contribution >= 4 is 0 Å². The van der Waals surface area contributed by atoms with Gasteiger partial charge in [0.15, 0.2) is 0 Å². The van der Waals surface area contributed by atoms with Crippen LogP contribution in [0.3, 0.4) is 0 Å². The molecule has 0 rings (SSSR count). The summed E-state index contributed by atoms with van der Waals surface area (Å²) in [5.74, 6) is 0. The summed E-state index contributed by atoms with van der Waals surface area (Å²) < 4.78 is 0. The molecule has 1 N–H and O–H groups in total. The zero-order chi connectivity index (χ0) is 8.99. The van der Waals surface area contributed by atoms with Crippen LogP contribution in [0.4, 0.5) is 0 Å². The summed E-state index contributed by atoms with van der Waals surface area (Å²) in [6, 6.07) is 0. The molecule has 66 valence electrons. The molecule has 0 amide bonds. The van der Waals surface area contributed by atoms with Crippen LogP contribution in [0.1, 0.15) is 34.1 Å². The van der Waals surface area contributed by atoms with Crippen LogP contribution in [0.25, 0.3) is 0 Å². The van der Waals surface area contributed by atoms with Crippen LogP contribution in [0, 0.1) is 20.3 Å². The summed E-state index contributed by atoms with van der Waals surface area (Å²) in [4.78, 5) is 0. The van der Waals surface area contributed by atoms with Crippen molar-refractivity contribution in [2.45, 2.75) is 40.2 Å². The average Bonchev–Trinajstić information content (AvgIpc) is 2.10. The van der Waals surface area contributed by atoms with E-state index >= 15 is 0 Å². The van der Waals surface area contributed by atoms with Crippen LogP contribution in [-0.2, 0) is 0 Å². The van der Waals surface area contributed by atoms with Crippen LogP contribution >= 0.6 is 0 Å². The molecule has 0 saturated heterocycles. The topological polar surface area (TPSA) is 20.2 Å². The van der Waals surface area contributed by atoms with E-state index in [0.717, 1.165) is 0 Å². The number of rotatable bonds is 2. The Labute approximate surface area is 115 Å². The van der Waals surface area contributed by atoms with Crippen molar-refractivity contribution in [1.29, 1.82) is 0 Å². The van der Waals surface area contributed by atoms with E-state index in [1.165, 1.54) is 0 Å². The molecule has 0 radical (unpaired) electrons. The summed E-state index contributed by atoms with van der Waals surface area (Å²) in [5, 5.41) is 8.55. The van der Waals surface area contributed by atoms with E-state index in [4.69, 9.17) is 5.11 Å². The van der Waals surface area contributed by atoms with Gasteiger partial charge in [-0.1, -0.05) is 20.0 Å². The Morgan fingerprint density at radius 2 is 1.64 bits per heavy atom. The van der Waals surface area contributed by atoms with Gasteiger partial charge < -0.3 is 25.4 Å². The molecule has 1 nitrogen and oxygen atoms in total. The molecule has 1 atom stereocenters. The quantitative estimate of drug-likeness (QED) is 0.460. The molecule has 0 bridgehead atoms. The number of aliphatic hydroxyl groups is 1. The molecule has 0 aromatic carbocycles. The van der Waals surface area contributed by atoms with Crippen molar-refractivity contribution in [3.8, 4) is 0 Å². The van der Waals surface area contributed by atoms with Crippen LogP contribution in [-0.4, -0.2) is 11.2 Å². The van der Waals surface area contributed by atoms with Gasteiger partial charge in [-0.2, -0.15) is 20.3 Å². The van der Waals surface area contributed by atoms with Crippen molar-refractivity contribution in [2.24, 2.45) is 0 Å². The molecule has 0 aromatic rings. The Balaban J connectivity index is -0.0000000428. The molecule has 0 spiro atoms. The van der Waals surface area contributed by atoms with Crippen LogP contribution in [0.5, 0.6) is 0 Å². The Morgan fingerprint density at radius 3 is 1.64 bits per heavy atom. The van der Waals surface area contributed by atoms with Crippen LogP contribution in [0.15, 0.2) is 0 Å². The van der Waals surface area contributed by atoms with Crippen molar-refractivity contribution < 1.29 is 56.5 Å². The molecular weight excluding hydrogens is 163 g/mol. The van der Waals surface area contributed by atoms with Gasteiger partial charge in [-0.15, -0.1) is 0 Å². The van der Waals surface area contributed by atoms with Crippen LogP contribution in [0.2, 0.25) is 0 Å². The maximum atomic E-state index is 8.55. The third kappa shape index (κ3) is 34.1. The largest absolute Gasteiger partial charge is 1.00 e. The fourth-order valence-corrected chi connectivity index (χ4v) is 0.167. The minimum absolute atomic E-state index is 0. The van der Waals surface area contributed by atoms with E-state index in [-0.39, 0.29) is 57.5 Å². The molecule has 2 heteroatoms. The smallest absolute Gasteiger partial charge is 0.428 e. The molecule has 0 aliphatic heterocycles. The first-order valence-corrected chi connectivity index (χ1v) is 3.78. The number of hydrogen-bond acceptors (Lipinski definition) is 1. The van der Waals surface area contributed by atoms with E-state index in [1.807, 2.05) is 20.8 Å². The molecule has 11 heavy (non-hydrogen) atoms. The summed E-state index contributed by atoms with van der Waals surface area (Å²) in [6.07, 6.45) is 1.99. The minimum Gasteiger partial charge on any atom is -0.428 e. The Bertz CT molecular complexity index is 28.7. The maximum absolute atomic E-state index is 8.55. The molecular formula is C9H21KO-2. The minimum atomic E-state index is -0.301. The first kappa shape index (κ1) is 22.9. The Hall–Kier alpha value is 1.60. The van der Waals surface area contributed by atoms with Gasteiger partial charge in [-0.3, -0.25) is 0 Å². The standard InChI is InChI=1S/C5H10O.C2H6.C2H5.K/c1-3-5(6)4-2;2*1-2;/h4-6H,1,3H2,2H3;1-2H3;1H2,2H3;/q-2;;-1;+1. The number of hydrogen-bond donors (Lipinski definition) is 1. The molecule has 0 aromatic heterocycles. The van der Waals surface area contributed by atoms with Crippen LogP contribution < -0.4 is 51.4 Å². The summed E-state index contributed by atoms with van der Waals surface area (Å²) in [7, 11) is 0. The van der Waals surface area contributed by atoms with Crippen molar-refractivity contribution in [3.05, 3.63) is 20.3 Å². The third-order valence-corrected chi connectivity index (χ3v) is 0.681. The van der Waals surface area contributed by atoms with Gasteiger partial charge in [0.1, 0.15) is 0 Å². The van der Waals surface area contributed by atoms with Gasteiger partial charge in [-0.05, 0) is 0 Å². The second-order valence-electron chi connectivity index (χ2n) is 1.19. The third-order valence-electron chi connectivity index (χ3n) is 0.681. The predicted molar refractivity (Wildman–Crippen MR) is 48.3 cm³/mol. The fourth-order valence-electron chi connectivity index (χ4n) is 0.167. The normalized spacial score (nSPS) is 9.00. The van der Waals surface area contributed by atoms with E-state index in [0.29, 0.717) is 6.42 Å². The van der Waals surface area contributed by atoms with E-state index in [9.17, 15) is 0 Å². The van der Waals surface area contributed by atoms with Crippen molar-refractivity contribution in [3.63, 3.8) is 0 Å². The van der Waals surface area contributed by atoms with Crippen molar-refractivity contribution in [2.75, 3.05) is 0 Å². The van der Waals surface area contributed by atoms with Gasteiger partial charge in [0, 0.05) is 0 Å². The molecule has 0 aliphatic carbocycles. The molecule has 0 saturated carbocycles. The van der Waals surface area contributed by atoms with Gasteiger partial charge in [0.2, 0.25) is 0 Å². The summed E-state index contributed by atoms with van der Waals surface area (Å²) >= 11 is 0. The molecule has 0 fully saturated rings. The van der Waals surface area contributed by atoms with Crippen molar-refractivity contribution in [1.82, 2.24) is 0 Å². The van der Waals surface area contributed by atoms with Gasteiger partial charge >= 0.3 is 51.4 Å². The SMILES string of the molecule is CC.[CH2-]C.[CH2-]CC(O)[CH-]C.[K+]. The van der Waals surface area contributed by atoms with Gasteiger partial charge in [-0.25, -0.2) is 0 Å². The number of aliphatic hydroxyl groups excluding tert-OH is 1. The monoisotopic (exact) mass is 184 g/mol. The second-order valence-corrected chi connectivity index (χ2v) is 1.19. The molecule has 0 heterocycles. The van der Waals surface area contributed by atoms with E-state index in [2.05, 4.69) is 13.8 Å². The predicted octanol–water partition coefficient (Wildman–Crippen LogP) is -0.334. The maximum Gasteiger partial charge on any atom is 1.00 e. The fraction of sp³-hybridized carbons (Fsp3) is 0.667. The van der Waals surface area contributed by atoms with E-state index < -0.39 is 0 Å². The Morgan fingerprint density at radius 1 is 1.36 bits per heavy atom. The summed E-state index contributed by atoms with van der Waals surface area (Å²) in [5.41, 5.74) is 0. The first-order chi connectivity index (χ1) is 4.81. The Kier molecular flexibility index (Phi) is 62.4. The molecule has 0 aliphatic rings. The molecule has 1 unspecified atom stereocenters. The van der Waals surface area contributed by atoms with Gasteiger partial charge in [0.25, 0.3) is 0 Å². The van der Waals surface area contributed by atoms with E-state index in [1.54, 1.807) is 13.3 Å². The zero-order valence-corrected chi connectivity index (χ0v) is 11.8. The average molecular weight is 184 g/mol.